The van der Waals surface area contributed by atoms with Gasteiger partial charge in [-0.2, -0.15) is 8.78 Å². The monoisotopic (exact) mass is 261 g/mol. The fourth-order valence-corrected chi connectivity index (χ4v) is 2.06. The highest BCUT2D eigenvalue weighted by molar-refractivity contribution is 5.80. The first-order chi connectivity index (χ1) is 8.29. The normalized spacial score (nSPS) is 18.2. The van der Waals surface area contributed by atoms with E-state index in [9.17, 15) is 23.3 Å². The van der Waals surface area contributed by atoms with E-state index in [1.54, 1.807) is 6.92 Å². The van der Waals surface area contributed by atoms with Gasteiger partial charge in [0.25, 0.3) is 0 Å². The molecule has 0 saturated carbocycles. The number of fused-ring (bicyclic) bond motifs is 1. The van der Waals surface area contributed by atoms with Gasteiger partial charge in [0, 0.05) is 14.1 Å². The molecule has 1 aliphatic heterocycles. The van der Waals surface area contributed by atoms with Crippen LogP contribution >= 0.6 is 0 Å². The molecule has 0 radical (unpaired) electrons. The number of nitro groups is 1. The molecule has 1 aromatic carbocycles. The molecule has 8 heteroatoms. The van der Waals surface area contributed by atoms with Crippen LogP contribution in [0.3, 0.4) is 0 Å². The summed E-state index contributed by atoms with van der Waals surface area (Å²) in [5, 5.41) is 10.6. The van der Waals surface area contributed by atoms with Crippen molar-refractivity contribution in [1.82, 2.24) is 0 Å². The molecule has 0 aromatic heterocycles. The van der Waals surface area contributed by atoms with E-state index in [-0.39, 0.29) is 11.4 Å². The maximum atomic E-state index is 13.9. The van der Waals surface area contributed by atoms with E-state index in [4.69, 9.17) is 0 Å². The van der Waals surface area contributed by atoms with Gasteiger partial charge in [0.05, 0.1) is 11.1 Å². The van der Waals surface area contributed by atoms with Crippen molar-refractivity contribution in [3.8, 4) is 0 Å². The van der Waals surface area contributed by atoms with Crippen LogP contribution in [0.5, 0.6) is 0 Å². The molecule has 0 saturated heterocycles. The third kappa shape index (κ3) is 1.34. The van der Waals surface area contributed by atoms with E-state index >= 15 is 0 Å². The average Bonchev–Trinajstić information content (AvgIpc) is 2.51. The largest absolute Gasteiger partial charge is 0.350 e. The number of halogens is 3. The van der Waals surface area contributed by atoms with Crippen LogP contribution in [0.2, 0.25) is 0 Å². The molecule has 0 fully saturated rings. The summed E-state index contributed by atoms with van der Waals surface area (Å²) in [7, 11) is 2.91. The van der Waals surface area contributed by atoms with Crippen molar-refractivity contribution in [2.75, 3.05) is 23.9 Å². The van der Waals surface area contributed by atoms with Crippen LogP contribution < -0.4 is 9.80 Å². The summed E-state index contributed by atoms with van der Waals surface area (Å²) in [5.74, 6) is -4.53. The predicted molar refractivity (Wildman–Crippen MR) is 59.2 cm³/mol. The van der Waals surface area contributed by atoms with Crippen LogP contribution in [0.25, 0.3) is 0 Å². The topological polar surface area (TPSA) is 49.6 Å². The smallest absolute Gasteiger partial charge is 0.345 e. The van der Waals surface area contributed by atoms with Crippen molar-refractivity contribution in [1.29, 1.82) is 0 Å². The van der Waals surface area contributed by atoms with E-state index in [1.165, 1.54) is 23.9 Å². The highest BCUT2D eigenvalue weighted by atomic mass is 19.2. The Bertz CT molecular complexity index is 550. The predicted octanol–water partition coefficient (Wildman–Crippen LogP) is 2.24. The maximum Gasteiger partial charge on any atom is 0.345 e. The van der Waals surface area contributed by atoms with E-state index in [0.717, 1.165) is 0 Å². The highest BCUT2D eigenvalue weighted by Gasteiger charge is 2.41. The Morgan fingerprint density at radius 3 is 1.94 bits per heavy atom. The minimum Gasteiger partial charge on any atom is -0.350 e. The Morgan fingerprint density at radius 1 is 1.06 bits per heavy atom. The molecule has 0 amide bonds. The molecule has 0 aliphatic carbocycles. The average molecular weight is 261 g/mol. The summed E-state index contributed by atoms with van der Waals surface area (Å²) in [6, 6.07) is 0. The summed E-state index contributed by atoms with van der Waals surface area (Å²) in [4.78, 5) is 12.0. The molecule has 1 aromatic rings. The van der Waals surface area contributed by atoms with Crippen molar-refractivity contribution in [2.24, 2.45) is 0 Å². The van der Waals surface area contributed by atoms with Gasteiger partial charge in [-0.3, -0.25) is 10.1 Å². The van der Waals surface area contributed by atoms with Gasteiger partial charge in [-0.1, -0.05) is 0 Å². The van der Waals surface area contributed by atoms with Crippen molar-refractivity contribution in [2.45, 2.75) is 13.1 Å². The van der Waals surface area contributed by atoms with E-state index in [1.807, 2.05) is 0 Å². The lowest BCUT2D eigenvalue weighted by molar-refractivity contribution is -0.390. The lowest BCUT2D eigenvalue weighted by Crippen LogP contribution is -2.36. The summed E-state index contributed by atoms with van der Waals surface area (Å²) < 4.78 is 41.2. The molecule has 0 bridgehead atoms. The van der Waals surface area contributed by atoms with Gasteiger partial charge >= 0.3 is 5.69 Å². The second-order valence-electron chi connectivity index (χ2n) is 4.10. The van der Waals surface area contributed by atoms with Crippen LogP contribution in [0, 0.1) is 27.6 Å². The van der Waals surface area contributed by atoms with Crippen molar-refractivity contribution in [3.05, 3.63) is 27.6 Å². The van der Waals surface area contributed by atoms with Crippen LogP contribution in [0.1, 0.15) is 6.92 Å². The maximum absolute atomic E-state index is 13.9. The molecule has 5 nitrogen and oxygen atoms in total. The summed E-state index contributed by atoms with van der Waals surface area (Å²) in [6.07, 6.45) is -0.426. The number of rotatable bonds is 1. The van der Waals surface area contributed by atoms with Gasteiger partial charge in [0.2, 0.25) is 11.6 Å². The molecule has 1 heterocycles. The SMILES string of the molecule is CC1N(C)c2c(F)c(F)c([N+](=O)[O-])c(F)c2N1C. The molecular weight excluding hydrogens is 251 g/mol. The summed E-state index contributed by atoms with van der Waals surface area (Å²) >= 11 is 0. The van der Waals surface area contributed by atoms with E-state index in [0.29, 0.717) is 0 Å². The van der Waals surface area contributed by atoms with Crippen LogP contribution in [0.4, 0.5) is 30.2 Å². The summed E-state index contributed by atoms with van der Waals surface area (Å²) in [6.45, 7) is 1.64. The first kappa shape index (κ1) is 12.5. The van der Waals surface area contributed by atoms with Gasteiger partial charge in [-0.05, 0) is 6.92 Å². The Hall–Kier alpha value is -1.99. The second kappa shape index (κ2) is 3.76. The molecule has 1 atom stereocenters. The number of nitro benzene ring substituents is 1. The fraction of sp³-hybridized carbons (Fsp3) is 0.400. The number of benzene rings is 1. The molecule has 2 rings (SSSR count). The number of nitrogens with zero attached hydrogens (tertiary/aromatic N) is 3. The van der Waals surface area contributed by atoms with Crippen molar-refractivity contribution < 1.29 is 18.1 Å². The zero-order valence-corrected chi connectivity index (χ0v) is 9.87. The molecule has 0 spiro atoms. The number of hydrogen-bond acceptors (Lipinski definition) is 4. The Kier molecular flexibility index (Phi) is 2.60. The van der Waals surface area contributed by atoms with Crippen molar-refractivity contribution >= 4 is 17.1 Å². The van der Waals surface area contributed by atoms with Crippen molar-refractivity contribution in [3.63, 3.8) is 0 Å². The molecular formula is C10H10F3N3O2. The Morgan fingerprint density at radius 2 is 1.50 bits per heavy atom. The quantitative estimate of drug-likeness (QED) is 0.442. The van der Waals surface area contributed by atoms with Crippen LogP contribution in [-0.2, 0) is 0 Å². The molecule has 1 unspecified atom stereocenters. The first-order valence-electron chi connectivity index (χ1n) is 5.09. The zero-order chi connectivity index (χ0) is 13.8. The summed E-state index contributed by atoms with van der Waals surface area (Å²) in [5.41, 5.74) is -2.05. The number of hydrogen-bond donors (Lipinski definition) is 0. The fourth-order valence-electron chi connectivity index (χ4n) is 2.06. The van der Waals surface area contributed by atoms with Gasteiger partial charge in [0.1, 0.15) is 11.4 Å². The number of anilines is 2. The minimum atomic E-state index is -1.77. The minimum absolute atomic E-state index is 0.296. The zero-order valence-electron chi connectivity index (χ0n) is 9.87. The van der Waals surface area contributed by atoms with E-state index < -0.39 is 34.2 Å². The third-order valence-corrected chi connectivity index (χ3v) is 3.26. The Labute approximate surface area is 101 Å². The van der Waals surface area contributed by atoms with Gasteiger partial charge < -0.3 is 9.80 Å². The van der Waals surface area contributed by atoms with Gasteiger partial charge in [-0.25, -0.2) is 4.39 Å². The standard InChI is InChI=1S/C10H10F3N3O2/c1-4-14(2)9-6(12)5(11)8(16(17)18)7(13)10(9)15(4)3/h4H,1-3H3. The van der Waals surface area contributed by atoms with Gasteiger partial charge in [0.15, 0.2) is 5.82 Å². The second-order valence-corrected chi connectivity index (χ2v) is 4.10. The molecule has 98 valence electrons. The van der Waals surface area contributed by atoms with Crippen LogP contribution in [-0.4, -0.2) is 25.2 Å². The van der Waals surface area contributed by atoms with Crippen LogP contribution in [0.15, 0.2) is 0 Å². The first-order valence-corrected chi connectivity index (χ1v) is 5.09. The lowest BCUT2D eigenvalue weighted by atomic mass is 10.2. The van der Waals surface area contributed by atoms with Gasteiger partial charge in [-0.15, -0.1) is 0 Å². The third-order valence-electron chi connectivity index (χ3n) is 3.26. The Balaban J connectivity index is 2.85. The highest BCUT2D eigenvalue weighted by Crippen LogP contribution is 2.46. The molecule has 0 N–H and O–H groups in total. The molecule has 18 heavy (non-hydrogen) atoms. The van der Waals surface area contributed by atoms with E-state index in [2.05, 4.69) is 0 Å². The molecule has 1 aliphatic rings. The lowest BCUT2D eigenvalue weighted by Gasteiger charge is -2.23.